The smallest absolute Gasteiger partial charge is 0.0543 e. The van der Waals surface area contributed by atoms with Crippen LogP contribution in [0.1, 0.15) is 11.1 Å². The summed E-state index contributed by atoms with van der Waals surface area (Å²) in [6.07, 6.45) is 2.26. The molecule has 0 amide bonds. The van der Waals surface area contributed by atoms with E-state index in [2.05, 4.69) is 77.0 Å². The number of nitrogens with two attached hydrogens (primary N) is 1. The van der Waals surface area contributed by atoms with Crippen molar-refractivity contribution in [2.75, 3.05) is 17.6 Å². The summed E-state index contributed by atoms with van der Waals surface area (Å²) in [5.41, 5.74) is 14.1. The Balaban J connectivity index is 1.80. The van der Waals surface area contributed by atoms with Crippen molar-refractivity contribution in [1.29, 1.82) is 0 Å². The van der Waals surface area contributed by atoms with Crippen LogP contribution >= 0.6 is 0 Å². The molecule has 0 aliphatic carbocycles. The number of para-hydroxylation sites is 2. The van der Waals surface area contributed by atoms with E-state index < -0.39 is 0 Å². The van der Waals surface area contributed by atoms with Crippen molar-refractivity contribution in [3.8, 4) is 0 Å². The molecule has 1 aliphatic rings. The van der Waals surface area contributed by atoms with E-state index in [-0.39, 0.29) is 0 Å². The molecule has 3 aromatic carbocycles. The highest BCUT2D eigenvalue weighted by Crippen LogP contribution is 2.36. The summed E-state index contributed by atoms with van der Waals surface area (Å²) >= 11 is 0. The van der Waals surface area contributed by atoms with E-state index in [1.807, 2.05) is 0 Å². The standard InChI is InChI=1S/C21H17N3/c22-15-10-17(14-9-13-5-1-3-7-19(13)23-12-14)21-18(11-15)16-6-2-4-8-20(16)24-21/h1-11,23-24H,12,22H2. The minimum absolute atomic E-state index is 0.794. The molecular formula is C21H17N3. The Morgan fingerprint density at radius 3 is 2.67 bits per heavy atom. The van der Waals surface area contributed by atoms with Crippen molar-refractivity contribution < 1.29 is 0 Å². The van der Waals surface area contributed by atoms with E-state index in [9.17, 15) is 0 Å². The van der Waals surface area contributed by atoms with Crippen molar-refractivity contribution in [2.45, 2.75) is 0 Å². The molecule has 0 spiro atoms. The van der Waals surface area contributed by atoms with E-state index in [1.165, 1.54) is 33.2 Å². The Hall–Kier alpha value is -3.20. The van der Waals surface area contributed by atoms with Crippen LogP contribution in [0.15, 0.2) is 60.7 Å². The first kappa shape index (κ1) is 13.3. The molecule has 0 fully saturated rings. The molecule has 3 nitrogen and oxygen atoms in total. The van der Waals surface area contributed by atoms with Gasteiger partial charge in [-0.2, -0.15) is 0 Å². The van der Waals surface area contributed by atoms with Gasteiger partial charge in [-0.3, -0.25) is 0 Å². The predicted octanol–water partition coefficient (Wildman–Crippen LogP) is 4.87. The maximum atomic E-state index is 6.21. The average molecular weight is 311 g/mol. The topological polar surface area (TPSA) is 53.8 Å². The number of fused-ring (bicyclic) bond motifs is 4. The number of H-pyrrole nitrogens is 1. The molecular weight excluding hydrogens is 294 g/mol. The zero-order valence-corrected chi connectivity index (χ0v) is 13.1. The minimum Gasteiger partial charge on any atom is -0.399 e. The Kier molecular flexibility index (Phi) is 2.71. The molecule has 0 bridgehead atoms. The second-order valence-corrected chi connectivity index (χ2v) is 6.27. The first-order chi connectivity index (χ1) is 11.8. The third kappa shape index (κ3) is 1.91. The lowest BCUT2D eigenvalue weighted by Crippen LogP contribution is -2.10. The molecule has 0 atom stereocenters. The fourth-order valence-corrected chi connectivity index (χ4v) is 3.61. The van der Waals surface area contributed by atoms with E-state index >= 15 is 0 Å². The molecule has 1 aromatic heterocycles. The third-order valence-electron chi connectivity index (χ3n) is 4.74. The summed E-state index contributed by atoms with van der Waals surface area (Å²) in [5.74, 6) is 0. The average Bonchev–Trinajstić information content (AvgIpc) is 2.99. The number of hydrogen-bond acceptors (Lipinski definition) is 2. The molecule has 116 valence electrons. The van der Waals surface area contributed by atoms with Crippen LogP contribution in [0.4, 0.5) is 11.4 Å². The summed E-state index contributed by atoms with van der Waals surface area (Å²) in [6, 6.07) is 20.9. The number of rotatable bonds is 1. The Morgan fingerprint density at radius 2 is 1.71 bits per heavy atom. The molecule has 1 aliphatic heterocycles. The van der Waals surface area contributed by atoms with Crippen LogP contribution in [-0.4, -0.2) is 11.5 Å². The lowest BCUT2D eigenvalue weighted by Gasteiger charge is -2.19. The summed E-state index contributed by atoms with van der Waals surface area (Å²) in [4.78, 5) is 3.57. The molecule has 2 heterocycles. The maximum Gasteiger partial charge on any atom is 0.0543 e. The SMILES string of the molecule is Nc1cc(C2=Cc3ccccc3NC2)c2[nH]c3ccccc3c2c1. The largest absolute Gasteiger partial charge is 0.399 e. The van der Waals surface area contributed by atoms with Gasteiger partial charge in [0.05, 0.1) is 5.52 Å². The number of benzene rings is 3. The van der Waals surface area contributed by atoms with Crippen LogP contribution in [0.3, 0.4) is 0 Å². The number of anilines is 2. The van der Waals surface area contributed by atoms with Gasteiger partial charge in [0.25, 0.3) is 0 Å². The van der Waals surface area contributed by atoms with Crippen LogP contribution in [0.5, 0.6) is 0 Å². The van der Waals surface area contributed by atoms with Gasteiger partial charge < -0.3 is 16.0 Å². The van der Waals surface area contributed by atoms with Crippen molar-refractivity contribution in [1.82, 2.24) is 4.98 Å². The first-order valence-electron chi connectivity index (χ1n) is 8.13. The summed E-state index contributed by atoms with van der Waals surface area (Å²) in [5, 5.41) is 5.90. The molecule has 0 saturated carbocycles. The van der Waals surface area contributed by atoms with Gasteiger partial charge in [-0.25, -0.2) is 0 Å². The van der Waals surface area contributed by atoms with Gasteiger partial charge in [-0.05, 0) is 41.5 Å². The number of hydrogen-bond donors (Lipinski definition) is 3. The van der Waals surface area contributed by atoms with Crippen LogP contribution in [0.25, 0.3) is 33.5 Å². The number of aromatic amines is 1. The fourth-order valence-electron chi connectivity index (χ4n) is 3.61. The van der Waals surface area contributed by atoms with E-state index in [1.54, 1.807) is 0 Å². The van der Waals surface area contributed by atoms with Gasteiger partial charge in [-0.1, -0.05) is 36.4 Å². The molecule has 0 unspecified atom stereocenters. The summed E-state index contributed by atoms with van der Waals surface area (Å²) in [7, 11) is 0. The van der Waals surface area contributed by atoms with Gasteiger partial charge in [-0.15, -0.1) is 0 Å². The van der Waals surface area contributed by atoms with Gasteiger partial charge in [0.1, 0.15) is 0 Å². The van der Waals surface area contributed by atoms with E-state index in [4.69, 9.17) is 5.73 Å². The second kappa shape index (κ2) is 4.90. The van der Waals surface area contributed by atoms with Crippen LogP contribution < -0.4 is 11.1 Å². The van der Waals surface area contributed by atoms with Crippen molar-refractivity contribution in [3.05, 3.63) is 71.8 Å². The maximum absolute atomic E-state index is 6.21. The molecule has 0 radical (unpaired) electrons. The monoisotopic (exact) mass is 311 g/mol. The van der Waals surface area contributed by atoms with Crippen LogP contribution in [0.2, 0.25) is 0 Å². The first-order valence-corrected chi connectivity index (χ1v) is 8.13. The second-order valence-electron chi connectivity index (χ2n) is 6.27. The van der Waals surface area contributed by atoms with Gasteiger partial charge >= 0.3 is 0 Å². The van der Waals surface area contributed by atoms with Gasteiger partial charge in [0, 0.05) is 39.8 Å². The minimum atomic E-state index is 0.794. The molecule has 5 rings (SSSR count). The Labute approximate surface area is 139 Å². The number of nitrogens with one attached hydrogen (secondary N) is 2. The van der Waals surface area contributed by atoms with Crippen molar-refractivity contribution >= 4 is 44.8 Å². The summed E-state index contributed by atoms with van der Waals surface area (Å²) in [6.45, 7) is 0.797. The van der Waals surface area contributed by atoms with Crippen molar-refractivity contribution in [2.24, 2.45) is 0 Å². The summed E-state index contributed by atoms with van der Waals surface area (Å²) < 4.78 is 0. The Bertz CT molecular complexity index is 1120. The molecule has 24 heavy (non-hydrogen) atoms. The highest BCUT2D eigenvalue weighted by Gasteiger charge is 2.16. The number of nitrogen functional groups attached to an aromatic ring is 1. The predicted molar refractivity (Wildman–Crippen MR) is 103 cm³/mol. The number of aromatic nitrogens is 1. The van der Waals surface area contributed by atoms with E-state index in [0.29, 0.717) is 0 Å². The fraction of sp³-hybridized carbons (Fsp3) is 0.0476. The Morgan fingerprint density at radius 1 is 0.875 bits per heavy atom. The van der Waals surface area contributed by atoms with E-state index in [0.717, 1.165) is 23.3 Å². The van der Waals surface area contributed by atoms with Crippen LogP contribution in [0, 0.1) is 0 Å². The van der Waals surface area contributed by atoms with Crippen molar-refractivity contribution in [3.63, 3.8) is 0 Å². The quantitative estimate of drug-likeness (QED) is 0.439. The molecule has 4 aromatic rings. The zero-order valence-electron chi connectivity index (χ0n) is 13.1. The molecule has 3 heteroatoms. The lowest BCUT2D eigenvalue weighted by molar-refractivity contribution is 1.32. The van der Waals surface area contributed by atoms with Gasteiger partial charge in [0.15, 0.2) is 0 Å². The third-order valence-corrected chi connectivity index (χ3v) is 4.74. The highest BCUT2D eigenvalue weighted by atomic mass is 14.9. The normalized spacial score (nSPS) is 13.6. The molecule has 4 N–H and O–H groups in total. The van der Waals surface area contributed by atoms with Gasteiger partial charge in [0.2, 0.25) is 0 Å². The lowest BCUT2D eigenvalue weighted by atomic mass is 9.96. The zero-order chi connectivity index (χ0) is 16.1. The highest BCUT2D eigenvalue weighted by molar-refractivity contribution is 6.13. The van der Waals surface area contributed by atoms with Crippen LogP contribution in [-0.2, 0) is 0 Å². The molecule has 0 saturated heterocycles.